The first-order chi connectivity index (χ1) is 9.30. The smallest absolute Gasteiger partial charge is 0.383 e. The summed E-state index contributed by atoms with van der Waals surface area (Å²) in [5.41, 5.74) is 3.70. The molecule has 0 bridgehead atoms. The predicted octanol–water partition coefficient (Wildman–Crippen LogP) is 4.33. The van der Waals surface area contributed by atoms with Crippen LogP contribution in [0.2, 0.25) is 45.8 Å². The van der Waals surface area contributed by atoms with Gasteiger partial charge in [-0.3, -0.25) is 0 Å². The van der Waals surface area contributed by atoms with E-state index in [1.165, 1.54) is 6.26 Å². The van der Waals surface area contributed by atoms with Crippen LogP contribution in [0, 0.1) is 0 Å². The summed E-state index contributed by atoms with van der Waals surface area (Å²) in [5.74, 6) is 0. The van der Waals surface area contributed by atoms with Gasteiger partial charge in [-0.2, -0.15) is 0 Å². The van der Waals surface area contributed by atoms with Gasteiger partial charge in [-0.25, -0.2) is 0 Å². The van der Waals surface area contributed by atoms with Crippen molar-refractivity contribution >= 4 is 34.0 Å². The Bertz CT molecular complexity index is 396. The topological polar surface area (TPSA) is 36.9 Å². The molecule has 8 heteroatoms. The molecule has 122 valence electrons. The van der Waals surface area contributed by atoms with Crippen LogP contribution in [0.4, 0.5) is 0 Å². The SMILES string of the molecule is C=CO[Si](C)(C)O[Si](C)(C=C)O[Si](C)(C)O[Si](C)(C)C=C. The molecule has 0 N–H and O–H groups in total. The van der Waals surface area contributed by atoms with Gasteiger partial charge in [0.15, 0.2) is 8.32 Å². The summed E-state index contributed by atoms with van der Waals surface area (Å²) in [6, 6.07) is 0. The number of rotatable bonds is 10. The van der Waals surface area contributed by atoms with Gasteiger partial charge in [0, 0.05) is 0 Å². The van der Waals surface area contributed by atoms with Crippen molar-refractivity contribution < 1.29 is 16.8 Å². The van der Waals surface area contributed by atoms with Crippen molar-refractivity contribution in [1.29, 1.82) is 0 Å². The monoisotopic (exact) mass is 362 g/mol. The lowest BCUT2D eigenvalue weighted by Gasteiger charge is -2.39. The lowest BCUT2D eigenvalue weighted by Crippen LogP contribution is -2.57. The molecule has 1 unspecified atom stereocenters. The molecular formula is C13H30O4Si4. The number of hydrogen-bond acceptors (Lipinski definition) is 4. The average Bonchev–Trinajstić information content (AvgIpc) is 2.25. The Morgan fingerprint density at radius 2 is 1.14 bits per heavy atom. The van der Waals surface area contributed by atoms with Crippen molar-refractivity contribution in [3.63, 3.8) is 0 Å². The summed E-state index contributed by atoms with van der Waals surface area (Å²) in [6.45, 7) is 25.5. The van der Waals surface area contributed by atoms with E-state index < -0.39 is 34.0 Å². The Hall–Kier alpha value is -0.232. The van der Waals surface area contributed by atoms with E-state index in [-0.39, 0.29) is 0 Å². The minimum absolute atomic E-state index is 1.43. The van der Waals surface area contributed by atoms with E-state index in [1.54, 1.807) is 5.70 Å². The lowest BCUT2D eigenvalue weighted by atomic mass is 11.2. The molecule has 0 radical (unpaired) electrons. The molecule has 0 amide bonds. The molecule has 0 aromatic carbocycles. The Morgan fingerprint density at radius 1 is 0.667 bits per heavy atom. The predicted molar refractivity (Wildman–Crippen MR) is 99.0 cm³/mol. The van der Waals surface area contributed by atoms with E-state index in [2.05, 4.69) is 32.8 Å². The third-order valence-electron chi connectivity index (χ3n) is 2.64. The minimum Gasteiger partial charge on any atom is -0.528 e. The third-order valence-corrected chi connectivity index (χ3v) is 16.3. The zero-order valence-electron chi connectivity index (χ0n) is 14.5. The molecule has 0 aliphatic heterocycles. The van der Waals surface area contributed by atoms with Crippen LogP contribution in [-0.4, -0.2) is 34.0 Å². The Morgan fingerprint density at radius 3 is 1.52 bits per heavy atom. The van der Waals surface area contributed by atoms with Crippen molar-refractivity contribution in [2.24, 2.45) is 0 Å². The fourth-order valence-corrected chi connectivity index (χ4v) is 17.6. The maximum absolute atomic E-state index is 6.32. The summed E-state index contributed by atoms with van der Waals surface area (Å²) >= 11 is 0. The van der Waals surface area contributed by atoms with E-state index in [1.807, 2.05) is 38.4 Å². The maximum Gasteiger partial charge on any atom is 0.383 e. The second-order valence-corrected chi connectivity index (χ2v) is 20.8. The van der Waals surface area contributed by atoms with Crippen LogP contribution < -0.4 is 0 Å². The van der Waals surface area contributed by atoms with Crippen LogP contribution >= 0.6 is 0 Å². The largest absolute Gasteiger partial charge is 0.528 e. The Kier molecular flexibility index (Phi) is 7.27. The van der Waals surface area contributed by atoms with E-state index in [4.69, 9.17) is 16.8 Å². The van der Waals surface area contributed by atoms with Gasteiger partial charge in [-0.05, 0) is 45.8 Å². The van der Waals surface area contributed by atoms with Crippen LogP contribution in [0.25, 0.3) is 0 Å². The van der Waals surface area contributed by atoms with Gasteiger partial charge >= 0.3 is 25.7 Å². The summed E-state index contributed by atoms with van der Waals surface area (Å²) in [5, 5.41) is 0. The summed E-state index contributed by atoms with van der Waals surface area (Å²) in [6.07, 6.45) is 1.43. The molecule has 0 heterocycles. The third kappa shape index (κ3) is 8.09. The molecule has 0 rings (SSSR count). The standard InChI is InChI=1S/C13H30O4Si4/c1-11-14-19(6,7)16-21(10,13-3)17-20(8,9)15-18(4,5)12-2/h11-13H,1-3H2,4-10H3. The van der Waals surface area contributed by atoms with E-state index in [0.29, 0.717) is 0 Å². The van der Waals surface area contributed by atoms with Crippen molar-refractivity contribution in [1.82, 2.24) is 0 Å². The first-order valence-corrected chi connectivity index (χ1v) is 18.0. The van der Waals surface area contributed by atoms with E-state index in [0.717, 1.165) is 0 Å². The van der Waals surface area contributed by atoms with Crippen LogP contribution in [0.1, 0.15) is 0 Å². The second-order valence-electron chi connectivity index (χ2n) is 6.42. The average molecular weight is 363 g/mol. The van der Waals surface area contributed by atoms with Gasteiger partial charge in [0.05, 0.1) is 6.26 Å². The van der Waals surface area contributed by atoms with Crippen LogP contribution in [-0.2, 0) is 16.8 Å². The van der Waals surface area contributed by atoms with Crippen molar-refractivity contribution in [2.75, 3.05) is 0 Å². The molecule has 1 atom stereocenters. The molecule has 0 aliphatic carbocycles. The zero-order valence-corrected chi connectivity index (χ0v) is 18.5. The van der Waals surface area contributed by atoms with Crippen molar-refractivity contribution in [3.05, 3.63) is 37.4 Å². The molecule has 4 nitrogen and oxygen atoms in total. The van der Waals surface area contributed by atoms with Crippen molar-refractivity contribution in [3.8, 4) is 0 Å². The minimum atomic E-state index is -2.57. The maximum atomic E-state index is 6.32. The quantitative estimate of drug-likeness (QED) is 0.428. The molecule has 0 spiro atoms. The van der Waals surface area contributed by atoms with Crippen LogP contribution in [0.3, 0.4) is 0 Å². The summed E-state index contributed by atoms with van der Waals surface area (Å²) in [4.78, 5) is 0. The molecule has 0 fully saturated rings. The Balaban J connectivity index is 5.07. The molecule has 21 heavy (non-hydrogen) atoms. The van der Waals surface area contributed by atoms with Gasteiger partial charge in [-0.15, -0.1) is 13.2 Å². The molecule has 0 saturated heterocycles. The fraction of sp³-hybridized carbons (Fsp3) is 0.538. The van der Waals surface area contributed by atoms with E-state index >= 15 is 0 Å². The summed E-state index contributed by atoms with van der Waals surface area (Å²) in [7, 11) is -9.13. The van der Waals surface area contributed by atoms with Gasteiger partial charge in [0.2, 0.25) is 0 Å². The highest BCUT2D eigenvalue weighted by Crippen LogP contribution is 2.25. The van der Waals surface area contributed by atoms with E-state index in [9.17, 15) is 0 Å². The van der Waals surface area contributed by atoms with Gasteiger partial charge < -0.3 is 16.8 Å². The van der Waals surface area contributed by atoms with Gasteiger partial charge in [-0.1, -0.05) is 18.0 Å². The molecule has 0 saturated carbocycles. The normalized spacial score (nSPS) is 16.0. The molecular weight excluding hydrogens is 332 g/mol. The first-order valence-electron chi connectivity index (χ1n) is 6.97. The van der Waals surface area contributed by atoms with Crippen LogP contribution in [0.5, 0.6) is 0 Å². The highest BCUT2D eigenvalue weighted by atomic mass is 28.5. The second kappa shape index (κ2) is 7.35. The van der Waals surface area contributed by atoms with Crippen molar-refractivity contribution in [2.45, 2.75) is 45.8 Å². The Labute approximate surface area is 134 Å². The summed E-state index contributed by atoms with van der Waals surface area (Å²) < 4.78 is 24.3. The van der Waals surface area contributed by atoms with Gasteiger partial charge in [0.25, 0.3) is 0 Å². The highest BCUT2D eigenvalue weighted by Gasteiger charge is 2.45. The van der Waals surface area contributed by atoms with Gasteiger partial charge in [0.1, 0.15) is 0 Å². The molecule has 0 aliphatic rings. The zero-order chi connectivity index (χ0) is 16.9. The first kappa shape index (κ1) is 20.8. The van der Waals surface area contributed by atoms with Crippen LogP contribution in [0.15, 0.2) is 37.4 Å². The highest BCUT2D eigenvalue weighted by molar-refractivity contribution is 6.91. The molecule has 0 aromatic rings. The lowest BCUT2D eigenvalue weighted by molar-refractivity contribution is 0.290. The molecule has 0 aromatic heterocycles. The number of hydrogen-bond donors (Lipinski definition) is 0. The fourth-order valence-electron chi connectivity index (χ4n) is 2.00.